The molecule has 4 heterocycles. The van der Waals surface area contributed by atoms with Gasteiger partial charge in [-0.15, -0.1) is 12.6 Å². The van der Waals surface area contributed by atoms with E-state index in [1.165, 1.54) is 0 Å². The molecule has 5 heteroatoms. The number of hydrogen-bond acceptors (Lipinski definition) is 4. The van der Waals surface area contributed by atoms with Crippen LogP contribution in [0.4, 0.5) is 5.69 Å². The van der Waals surface area contributed by atoms with E-state index < -0.39 is 5.72 Å². The standard InChI is InChI=1S/C19H12N2O2S/c22-18(24)14-11-20-15-5-6-16-13(17(14)15)10-12-4-3-9-21-8-2-1-7-19(12,21)23-16/h1-11H,(H,22,24). The molecule has 0 amide bonds. The highest BCUT2D eigenvalue weighted by Crippen LogP contribution is 2.37. The molecule has 1 aromatic rings. The van der Waals surface area contributed by atoms with E-state index in [0.717, 1.165) is 27.4 Å². The number of ether oxygens (including phenoxy) is 1. The monoisotopic (exact) mass is 332 g/mol. The number of allylic oxidation sites excluding steroid dienone is 4. The number of benzene rings is 1. The number of carbonyl (C=O) groups excluding carboxylic acids is 1. The number of nitrogens with zero attached hydrogens (tertiary/aromatic N) is 2. The quantitative estimate of drug-likeness (QED) is 0.796. The van der Waals surface area contributed by atoms with Gasteiger partial charge >= 0.3 is 0 Å². The van der Waals surface area contributed by atoms with Gasteiger partial charge < -0.3 is 9.64 Å². The van der Waals surface area contributed by atoms with Gasteiger partial charge in [-0.3, -0.25) is 9.79 Å². The molecule has 0 bridgehead atoms. The lowest BCUT2D eigenvalue weighted by Crippen LogP contribution is -2.53. The van der Waals surface area contributed by atoms with E-state index in [4.69, 9.17) is 4.74 Å². The molecular weight excluding hydrogens is 320 g/mol. The van der Waals surface area contributed by atoms with Crippen molar-refractivity contribution in [1.29, 1.82) is 0 Å². The van der Waals surface area contributed by atoms with Crippen LogP contribution in [0, 0.1) is 0 Å². The van der Waals surface area contributed by atoms with Crippen molar-refractivity contribution < 1.29 is 9.53 Å². The second kappa shape index (κ2) is 4.61. The minimum Gasteiger partial charge on any atom is -0.459 e. The molecule has 0 aromatic heterocycles. The van der Waals surface area contributed by atoms with Crippen LogP contribution >= 0.6 is 12.6 Å². The predicted molar refractivity (Wildman–Crippen MR) is 96.4 cm³/mol. The van der Waals surface area contributed by atoms with Crippen molar-refractivity contribution in [2.24, 2.45) is 4.99 Å². The summed E-state index contributed by atoms with van der Waals surface area (Å²) in [6, 6.07) is 3.78. The van der Waals surface area contributed by atoms with E-state index in [1.54, 1.807) is 6.21 Å². The molecule has 24 heavy (non-hydrogen) atoms. The summed E-state index contributed by atoms with van der Waals surface area (Å²) in [5.74, 6) is 0.726. The van der Waals surface area contributed by atoms with Gasteiger partial charge in [0.1, 0.15) is 5.75 Å². The lowest BCUT2D eigenvalue weighted by Gasteiger charge is -2.44. The van der Waals surface area contributed by atoms with Crippen LogP contribution in [-0.4, -0.2) is 22.0 Å². The Bertz CT molecular complexity index is 1080. The molecule has 116 valence electrons. The summed E-state index contributed by atoms with van der Waals surface area (Å²) >= 11 is 3.98. The summed E-state index contributed by atoms with van der Waals surface area (Å²) < 4.78 is 6.41. The second-order valence-corrected chi connectivity index (χ2v) is 6.27. The zero-order chi connectivity index (χ0) is 16.3. The van der Waals surface area contributed by atoms with Gasteiger partial charge in [0.25, 0.3) is 0 Å². The minimum absolute atomic E-state index is 0.292. The number of fused-ring (bicyclic) bond motifs is 3. The van der Waals surface area contributed by atoms with Crippen LogP contribution in [0.3, 0.4) is 0 Å². The normalized spacial score (nSPS) is 24.5. The second-order valence-electron chi connectivity index (χ2n) is 5.86. The maximum atomic E-state index is 11.8. The topological polar surface area (TPSA) is 41.9 Å². The zero-order valence-corrected chi connectivity index (χ0v) is 13.4. The predicted octanol–water partition coefficient (Wildman–Crippen LogP) is 1.72. The lowest BCUT2D eigenvalue weighted by molar-refractivity contribution is -0.106. The van der Waals surface area contributed by atoms with E-state index in [0.29, 0.717) is 5.57 Å². The van der Waals surface area contributed by atoms with Crippen molar-refractivity contribution in [3.63, 3.8) is 0 Å². The Labute approximate surface area is 143 Å². The van der Waals surface area contributed by atoms with Crippen LogP contribution in [0.1, 0.15) is 0 Å². The van der Waals surface area contributed by atoms with Crippen molar-refractivity contribution in [2.75, 3.05) is 0 Å². The summed E-state index contributed by atoms with van der Waals surface area (Å²) in [6.07, 6.45) is 17.6. The highest BCUT2D eigenvalue weighted by atomic mass is 32.1. The number of hydrogen-bond donors (Lipinski definition) is 1. The fourth-order valence-electron chi connectivity index (χ4n) is 3.48. The van der Waals surface area contributed by atoms with Crippen molar-refractivity contribution >= 4 is 41.3 Å². The van der Waals surface area contributed by atoms with Gasteiger partial charge in [-0.2, -0.15) is 0 Å². The fraction of sp³-hybridized carbons (Fsp3) is 0.0526. The van der Waals surface area contributed by atoms with Gasteiger partial charge in [-0.25, -0.2) is 0 Å². The first-order valence-corrected chi connectivity index (χ1v) is 8.03. The van der Waals surface area contributed by atoms with Gasteiger partial charge in [0, 0.05) is 34.6 Å². The molecule has 4 aliphatic heterocycles. The molecule has 4 aliphatic rings. The highest BCUT2D eigenvalue weighted by Gasteiger charge is 2.42. The van der Waals surface area contributed by atoms with E-state index in [-0.39, 0.29) is 5.12 Å². The van der Waals surface area contributed by atoms with E-state index in [1.807, 2.05) is 59.8 Å². The van der Waals surface area contributed by atoms with Crippen molar-refractivity contribution in [1.82, 2.24) is 4.90 Å². The van der Waals surface area contributed by atoms with E-state index >= 15 is 0 Å². The van der Waals surface area contributed by atoms with Crippen LogP contribution in [0.2, 0.25) is 0 Å². The van der Waals surface area contributed by atoms with E-state index in [9.17, 15) is 4.79 Å². The average Bonchev–Trinajstić information content (AvgIpc) is 3.03. The van der Waals surface area contributed by atoms with Crippen LogP contribution in [0.25, 0.3) is 11.6 Å². The van der Waals surface area contributed by atoms with E-state index in [2.05, 4.69) is 23.7 Å². The summed E-state index contributed by atoms with van der Waals surface area (Å²) in [4.78, 5) is 18.2. The Kier molecular flexibility index (Phi) is 2.62. The van der Waals surface area contributed by atoms with Crippen molar-refractivity contribution in [3.05, 3.63) is 70.9 Å². The van der Waals surface area contributed by atoms with Crippen LogP contribution in [0.5, 0.6) is 5.75 Å². The third-order valence-corrected chi connectivity index (χ3v) is 4.82. The van der Waals surface area contributed by atoms with Crippen LogP contribution in [-0.2, 0) is 4.79 Å². The third-order valence-electron chi connectivity index (χ3n) is 4.58. The number of thiol groups is 1. The average molecular weight is 332 g/mol. The fourth-order valence-corrected chi connectivity index (χ4v) is 3.65. The molecule has 1 aromatic carbocycles. The summed E-state index contributed by atoms with van der Waals surface area (Å²) in [7, 11) is 0. The molecule has 0 radical (unpaired) electrons. The first kappa shape index (κ1) is 13.6. The molecule has 0 saturated carbocycles. The largest absolute Gasteiger partial charge is 0.459 e. The Balaban J connectivity index is 1.84. The Morgan fingerprint density at radius 2 is 2.08 bits per heavy atom. The van der Waals surface area contributed by atoms with Gasteiger partial charge in [-0.1, -0.05) is 12.2 Å². The Morgan fingerprint density at radius 1 is 1.21 bits per heavy atom. The summed E-state index contributed by atoms with van der Waals surface area (Å²) in [5.41, 5.74) is 1.60. The van der Waals surface area contributed by atoms with Crippen molar-refractivity contribution in [2.45, 2.75) is 5.72 Å². The molecule has 1 unspecified atom stereocenters. The number of aliphatic imine (C=N–C) groups is 1. The maximum absolute atomic E-state index is 11.8. The number of rotatable bonds is 1. The molecular formula is C19H12N2O2S. The van der Waals surface area contributed by atoms with Gasteiger partial charge in [0.15, 0.2) is 0 Å². The minimum atomic E-state index is -0.671. The Hall–Kier alpha value is -2.79. The summed E-state index contributed by atoms with van der Waals surface area (Å²) in [6.45, 7) is 0. The first-order valence-electron chi connectivity index (χ1n) is 7.58. The highest BCUT2D eigenvalue weighted by molar-refractivity contribution is 7.98. The molecule has 0 N–H and O–H groups in total. The van der Waals surface area contributed by atoms with Crippen molar-refractivity contribution in [3.8, 4) is 5.75 Å². The maximum Gasteiger partial charge on any atom is 0.232 e. The Morgan fingerprint density at radius 3 is 2.96 bits per heavy atom. The zero-order valence-electron chi connectivity index (χ0n) is 12.5. The molecule has 1 spiro atoms. The lowest BCUT2D eigenvalue weighted by atomic mass is 9.91. The molecule has 0 saturated heterocycles. The first-order chi connectivity index (χ1) is 11.7. The van der Waals surface area contributed by atoms with Gasteiger partial charge in [0.2, 0.25) is 10.8 Å². The smallest absolute Gasteiger partial charge is 0.232 e. The third kappa shape index (κ3) is 1.65. The summed E-state index contributed by atoms with van der Waals surface area (Å²) in [5, 5.41) is 1.37. The molecule has 0 fully saturated rings. The molecule has 0 aliphatic carbocycles. The van der Waals surface area contributed by atoms with Gasteiger partial charge in [0.05, 0.1) is 11.3 Å². The molecule has 4 nitrogen and oxygen atoms in total. The molecule has 1 atom stereocenters. The SMILES string of the molecule is O=C(S)C1=c2c(ccc3c2=CC2=CC=CN4C=CC=CC24O3)N=C1. The number of carbonyl (C=O) groups is 1. The van der Waals surface area contributed by atoms with Crippen LogP contribution < -0.4 is 15.2 Å². The van der Waals surface area contributed by atoms with Gasteiger partial charge in [-0.05, 0) is 36.4 Å². The molecule has 5 rings (SSSR count). The van der Waals surface area contributed by atoms with Crippen LogP contribution in [0.15, 0.2) is 65.5 Å².